The van der Waals surface area contributed by atoms with Crippen molar-refractivity contribution in [2.24, 2.45) is 11.7 Å². The summed E-state index contributed by atoms with van der Waals surface area (Å²) in [6.07, 6.45) is 1.71. The maximum absolute atomic E-state index is 5.61. The van der Waals surface area contributed by atoms with Gasteiger partial charge in [0.1, 0.15) is 10.8 Å². The number of aromatic nitrogens is 1. The lowest BCUT2D eigenvalue weighted by Gasteiger charge is -2.13. The highest BCUT2D eigenvalue weighted by molar-refractivity contribution is 7.80. The molecular formula is C11H17N3OS. The SMILES string of the molecule is COCC(C)CNc1ncccc1C(N)=S. The van der Waals surface area contributed by atoms with Gasteiger partial charge in [-0.15, -0.1) is 0 Å². The number of ether oxygens (including phenoxy) is 1. The number of methoxy groups -OCH3 is 1. The lowest BCUT2D eigenvalue weighted by Crippen LogP contribution is -2.19. The fourth-order valence-corrected chi connectivity index (χ4v) is 1.52. The molecule has 1 aromatic heterocycles. The second kappa shape index (κ2) is 6.40. The van der Waals surface area contributed by atoms with E-state index in [1.807, 2.05) is 12.1 Å². The van der Waals surface area contributed by atoms with Crippen molar-refractivity contribution < 1.29 is 4.74 Å². The molecule has 0 saturated heterocycles. The second-order valence-corrected chi connectivity index (χ2v) is 4.15. The molecule has 0 fully saturated rings. The van der Waals surface area contributed by atoms with Crippen molar-refractivity contribution in [1.29, 1.82) is 0 Å². The fraction of sp³-hybridized carbons (Fsp3) is 0.455. The van der Waals surface area contributed by atoms with Crippen LogP contribution in [-0.2, 0) is 4.74 Å². The van der Waals surface area contributed by atoms with Gasteiger partial charge in [-0.25, -0.2) is 4.98 Å². The molecule has 88 valence electrons. The standard InChI is InChI=1S/C11H17N3OS/c1-8(7-15-2)6-14-11-9(10(12)16)4-3-5-13-11/h3-5,8H,6-7H2,1-2H3,(H2,12,16)(H,13,14). The van der Waals surface area contributed by atoms with Crippen molar-refractivity contribution >= 4 is 23.0 Å². The smallest absolute Gasteiger partial charge is 0.136 e. The monoisotopic (exact) mass is 239 g/mol. The molecule has 0 radical (unpaired) electrons. The Morgan fingerprint density at radius 2 is 2.44 bits per heavy atom. The Kier molecular flexibility index (Phi) is 5.14. The Morgan fingerprint density at radius 3 is 3.06 bits per heavy atom. The van der Waals surface area contributed by atoms with E-state index in [1.165, 1.54) is 0 Å². The molecular weight excluding hydrogens is 222 g/mol. The molecule has 1 aromatic rings. The average molecular weight is 239 g/mol. The molecule has 1 rings (SSSR count). The van der Waals surface area contributed by atoms with Crippen molar-refractivity contribution in [3.05, 3.63) is 23.9 Å². The van der Waals surface area contributed by atoms with Crippen LogP contribution in [0.4, 0.5) is 5.82 Å². The summed E-state index contributed by atoms with van der Waals surface area (Å²) in [5.74, 6) is 1.14. The summed E-state index contributed by atoms with van der Waals surface area (Å²) < 4.78 is 5.06. The van der Waals surface area contributed by atoms with Crippen LogP contribution in [-0.4, -0.2) is 30.2 Å². The highest BCUT2D eigenvalue weighted by atomic mass is 32.1. The minimum atomic E-state index is 0.356. The van der Waals surface area contributed by atoms with Gasteiger partial charge in [0.25, 0.3) is 0 Å². The van der Waals surface area contributed by atoms with E-state index in [1.54, 1.807) is 13.3 Å². The molecule has 0 bridgehead atoms. The zero-order chi connectivity index (χ0) is 12.0. The molecule has 0 aliphatic carbocycles. The largest absolute Gasteiger partial charge is 0.389 e. The van der Waals surface area contributed by atoms with Crippen LogP contribution in [0, 0.1) is 5.92 Å². The fourth-order valence-electron chi connectivity index (χ4n) is 1.36. The minimum Gasteiger partial charge on any atom is -0.389 e. The molecule has 0 spiro atoms. The molecule has 3 N–H and O–H groups in total. The molecule has 0 aliphatic heterocycles. The predicted molar refractivity (Wildman–Crippen MR) is 69.7 cm³/mol. The lowest BCUT2D eigenvalue weighted by molar-refractivity contribution is 0.164. The number of hydrogen-bond donors (Lipinski definition) is 2. The number of pyridine rings is 1. The van der Waals surface area contributed by atoms with Gasteiger partial charge >= 0.3 is 0 Å². The molecule has 1 atom stereocenters. The number of nitrogens with zero attached hydrogens (tertiary/aromatic N) is 1. The summed E-state index contributed by atoms with van der Waals surface area (Å²) in [5, 5.41) is 3.22. The van der Waals surface area contributed by atoms with Gasteiger partial charge < -0.3 is 15.8 Å². The van der Waals surface area contributed by atoms with Crippen molar-refractivity contribution in [1.82, 2.24) is 4.98 Å². The number of rotatable bonds is 6. The first-order valence-electron chi connectivity index (χ1n) is 5.12. The molecule has 4 nitrogen and oxygen atoms in total. The van der Waals surface area contributed by atoms with Crippen LogP contribution in [0.2, 0.25) is 0 Å². The molecule has 0 saturated carbocycles. The maximum atomic E-state index is 5.61. The molecule has 5 heteroatoms. The van der Waals surface area contributed by atoms with Gasteiger partial charge in [0.2, 0.25) is 0 Å². The molecule has 0 aromatic carbocycles. The summed E-state index contributed by atoms with van der Waals surface area (Å²) in [6, 6.07) is 3.68. The topological polar surface area (TPSA) is 60.2 Å². The van der Waals surface area contributed by atoms with Crippen molar-refractivity contribution in [2.45, 2.75) is 6.92 Å². The number of thiocarbonyl (C=S) groups is 1. The Labute approximate surface area is 101 Å². The first-order valence-corrected chi connectivity index (χ1v) is 5.53. The van der Waals surface area contributed by atoms with Gasteiger partial charge in [-0.2, -0.15) is 0 Å². The van der Waals surface area contributed by atoms with E-state index < -0.39 is 0 Å². The van der Waals surface area contributed by atoms with Crippen LogP contribution in [0.5, 0.6) is 0 Å². The van der Waals surface area contributed by atoms with E-state index in [9.17, 15) is 0 Å². The summed E-state index contributed by atoms with van der Waals surface area (Å²) in [7, 11) is 1.69. The van der Waals surface area contributed by atoms with Gasteiger partial charge in [0.05, 0.1) is 12.2 Å². The third-order valence-corrected chi connectivity index (χ3v) is 2.36. The van der Waals surface area contributed by atoms with Crippen molar-refractivity contribution in [3.8, 4) is 0 Å². The molecule has 1 heterocycles. The summed E-state index contributed by atoms with van der Waals surface area (Å²) in [5.41, 5.74) is 6.39. The van der Waals surface area contributed by atoms with Gasteiger partial charge in [-0.3, -0.25) is 0 Å². The maximum Gasteiger partial charge on any atom is 0.136 e. The number of anilines is 1. The Hall–Kier alpha value is -1.20. The number of nitrogens with one attached hydrogen (secondary N) is 1. The number of nitrogens with two attached hydrogens (primary N) is 1. The summed E-state index contributed by atoms with van der Waals surface area (Å²) >= 11 is 4.95. The minimum absolute atomic E-state index is 0.356. The zero-order valence-corrected chi connectivity index (χ0v) is 10.4. The van der Waals surface area contributed by atoms with Crippen LogP contribution in [0.3, 0.4) is 0 Å². The molecule has 16 heavy (non-hydrogen) atoms. The zero-order valence-electron chi connectivity index (χ0n) is 9.56. The van der Waals surface area contributed by atoms with Crippen LogP contribution >= 0.6 is 12.2 Å². The normalized spacial score (nSPS) is 12.1. The van der Waals surface area contributed by atoms with Gasteiger partial charge in [0, 0.05) is 19.9 Å². The highest BCUT2D eigenvalue weighted by Crippen LogP contribution is 2.11. The summed E-state index contributed by atoms with van der Waals surface area (Å²) in [4.78, 5) is 4.57. The van der Waals surface area contributed by atoms with E-state index in [2.05, 4.69) is 17.2 Å². The molecule has 0 aliphatic rings. The molecule has 0 amide bonds. The lowest BCUT2D eigenvalue weighted by atomic mass is 10.2. The quantitative estimate of drug-likeness (QED) is 0.735. The average Bonchev–Trinajstić information content (AvgIpc) is 2.27. The van der Waals surface area contributed by atoms with E-state index in [0.717, 1.165) is 17.9 Å². The van der Waals surface area contributed by atoms with Crippen molar-refractivity contribution in [3.63, 3.8) is 0 Å². The van der Waals surface area contributed by atoms with Crippen LogP contribution in [0.25, 0.3) is 0 Å². The van der Waals surface area contributed by atoms with Gasteiger partial charge in [-0.05, 0) is 18.1 Å². The van der Waals surface area contributed by atoms with Crippen molar-refractivity contribution in [2.75, 3.05) is 25.6 Å². The second-order valence-electron chi connectivity index (χ2n) is 3.71. The van der Waals surface area contributed by atoms with Crippen LogP contribution in [0.1, 0.15) is 12.5 Å². The Morgan fingerprint density at radius 1 is 1.69 bits per heavy atom. The Bertz CT molecular complexity index is 357. The summed E-state index contributed by atoms with van der Waals surface area (Å²) in [6.45, 7) is 3.59. The van der Waals surface area contributed by atoms with E-state index in [-0.39, 0.29) is 0 Å². The predicted octanol–water partition coefficient (Wildman–Crippen LogP) is 1.41. The van der Waals surface area contributed by atoms with E-state index >= 15 is 0 Å². The van der Waals surface area contributed by atoms with Gasteiger partial charge in [-0.1, -0.05) is 19.1 Å². The first-order chi connectivity index (χ1) is 7.65. The highest BCUT2D eigenvalue weighted by Gasteiger charge is 2.07. The third-order valence-electron chi connectivity index (χ3n) is 2.14. The molecule has 1 unspecified atom stereocenters. The first kappa shape index (κ1) is 12.9. The van der Waals surface area contributed by atoms with E-state index in [4.69, 9.17) is 22.7 Å². The van der Waals surface area contributed by atoms with Crippen LogP contribution in [0.15, 0.2) is 18.3 Å². The number of hydrogen-bond acceptors (Lipinski definition) is 4. The van der Waals surface area contributed by atoms with Gasteiger partial charge in [0.15, 0.2) is 0 Å². The Balaban J connectivity index is 2.63. The van der Waals surface area contributed by atoms with Crippen LogP contribution < -0.4 is 11.1 Å². The third kappa shape index (κ3) is 3.75. The van der Waals surface area contributed by atoms with E-state index in [0.29, 0.717) is 17.5 Å².